The van der Waals surface area contributed by atoms with Crippen molar-refractivity contribution >= 4 is 34.2 Å². The van der Waals surface area contributed by atoms with Crippen LogP contribution in [0.5, 0.6) is 0 Å². The van der Waals surface area contributed by atoms with Gasteiger partial charge < -0.3 is 20.5 Å². The number of rotatable bonds is 3. The minimum atomic E-state index is -4.51. The number of anilines is 2. The van der Waals surface area contributed by atoms with Crippen LogP contribution < -0.4 is 16.0 Å². The van der Waals surface area contributed by atoms with Gasteiger partial charge in [-0.05, 0) is 56.3 Å². The second-order valence-corrected chi connectivity index (χ2v) is 7.44. The fraction of sp³-hybridized carbons (Fsp3) is 0.286. The van der Waals surface area contributed by atoms with E-state index in [1.165, 1.54) is 6.07 Å². The summed E-state index contributed by atoms with van der Waals surface area (Å²) in [6.45, 7) is 1.62. The van der Waals surface area contributed by atoms with E-state index in [2.05, 4.69) is 20.9 Å². The van der Waals surface area contributed by atoms with Crippen molar-refractivity contribution < 1.29 is 27.2 Å². The van der Waals surface area contributed by atoms with Crippen LogP contribution in [0, 0.1) is 5.82 Å². The Balaban J connectivity index is 1.52. The van der Waals surface area contributed by atoms with Crippen LogP contribution >= 0.6 is 0 Å². The second-order valence-electron chi connectivity index (χ2n) is 7.44. The highest BCUT2D eigenvalue weighted by atomic mass is 19.4. The number of nitrogens with zero attached hydrogens (tertiary/aromatic N) is 2. The normalized spacial score (nSPS) is 15.0. The molecule has 1 aromatic carbocycles. The standard InChI is InChI=1S/C21H19F4N5O2/c22-13-9-16-17(11-30(18(16)27-10-13)15-5-7-26-8-6-15)29-20(32)19(31)28-14-3-1-12(2-4-14)21(23,24)25/h1-4,9-11,15,26H,5-8H2,(H,28,31)(H,29,32). The number of pyridine rings is 1. The summed E-state index contributed by atoms with van der Waals surface area (Å²) in [6, 6.07) is 5.03. The van der Waals surface area contributed by atoms with Gasteiger partial charge in [0.25, 0.3) is 0 Å². The minimum absolute atomic E-state index is 0.0306. The van der Waals surface area contributed by atoms with E-state index >= 15 is 0 Å². The van der Waals surface area contributed by atoms with Gasteiger partial charge in [0, 0.05) is 23.3 Å². The lowest BCUT2D eigenvalue weighted by molar-refractivity contribution is -0.137. The molecule has 0 spiro atoms. The number of alkyl halides is 3. The van der Waals surface area contributed by atoms with Crippen LogP contribution in [-0.2, 0) is 15.8 Å². The van der Waals surface area contributed by atoms with Crippen molar-refractivity contribution in [2.45, 2.75) is 25.1 Å². The maximum atomic E-state index is 13.8. The van der Waals surface area contributed by atoms with E-state index in [0.717, 1.165) is 56.4 Å². The Morgan fingerprint density at radius 2 is 1.72 bits per heavy atom. The summed E-state index contributed by atoms with van der Waals surface area (Å²) in [5.41, 5.74) is -0.141. The number of hydrogen-bond acceptors (Lipinski definition) is 4. The molecule has 1 aliphatic rings. The summed E-state index contributed by atoms with van der Waals surface area (Å²) >= 11 is 0. The Morgan fingerprint density at radius 3 is 2.38 bits per heavy atom. The zero-order chi connectivity index (χ0) is 22.9. The molecule has 7 nitrogen and oxygen atoms in total. The van der Waals surface area contributed by atoms with E-state index in [-0.39, 0.29) is 17.4 Å². The molecule has 3 aromatic rings. The molecule has 0 saturated carbocycles. The molecule has 32 heavy (non-hydrogen) atoms. The number of carbonyl (C=O) groups is 2. The number of benzene rings is 1. The largest absolute Gasteiger partial charge is 0.416 e. The van der Waals surface area contributed by atoms with Gasteiger partial charge in [0.1, 0.15) is 11.5 Å². The second kappa shape index (κ2) is 8.58. The van der Waals surface area contributed by atoms with Gasteiger partial charge >= 0.3 is 18.0 Å². The van der Waals surface area contributed by atoms with Crippen LogP contribution in [0.1, 0.15) is 24.4 Å². The minimum Gasteiger partial charge on any atom is -0.327 e. The Morgan fingerprint density at radius 1 is 1.06 bits per heavy atom. The molecule has 0 unspecified atom stereocenters. The summed E-state index contributed by atoms with van der Waals surface area (Å²) in [7, 11) is 0. The van der Waals surface area contributed by atoms with Crippen molar-refractivity contribution in [2.24, 2.45) is 0 Å². The third kappa shape index (κ3) is 4.57. The molecule has 1 aliphatic heterocycles. The fourth-order valence-electron chi connectivity index (χ4n) is 3.68. The van der Waals surface area contributed by atoms with Crippen LogP contribution in [0.2, 0.25) is 0 Å². The zero-order valence-electron chi connectivity index (χ0n) is 16.7. The number of hydrogen-bond donors (Lipinski definition) is 3. The molecule has 2 amide bonds. The van der Waals surface area contributed by atoms with Crippen molar-refractivity contribution in [3.05, 3.63) is 54.1 Å². The van der Waals surface area contributed by atoms with E-state index in [1.807, 2.05) is 4.57 Å². The summed E-state index contributed by atoms with van der Waals surface area (Å²) in [4.78, 5) is 28.8. The average Bonchev–Trinajstić information content (AvgIpc) is 3.11. The van der Waals surface area contributed by atoms with Crippen LogP contribution in [0.15, 0.2) is 42.7 Å². The molecule has 3 N–H and O–H groups in total. The average molecular weight is 449 g/mol. The summed E-state index contributed by atoms with van der Waals surface area (Å²) in [6.07, 6.45) is -0.152. The number of amides is 2. The highest BCUT2D eigenvalue weighted by molar-refractivity contribution is 6.44. The predicted octanol–water partition coefficient (Wildman–Crippen LogP) is 3.70. The maximum Gasteiger partial charge on any atom is 0.416 e. The first-order chi connectivity index (χ1) is 15.2. The first kappa shape index (κ1) is 21.8. The molecule has 0 radical (unpaired) electrons. The number of nitrogens with one attached hydrogen (secondary N) is 3. The molecule has 1 fully saturated rings. The topological polar surface area (TPSA) is 88.0 Å². The van der Waals surface area contributed by atoms with Gasteiger partial charge in [-0.1, -0.05) is 0 Å². The van der Waals surface area contributed by atoms with Crippen molar-refractivity contribution in [1.82, 2.24) is 14.9 Å². The number of halogens is 4. The van der Waals surface area contributed by atoms with E-state index in [4.69, 9.17) is 0 Å². The Labute approximate surface area is 179 Å². The molecule has 168 valence electrons. The van der Waals surface area contributed by atoms with E-state index in [9.17, 15) is 27.2 Å². The van der Waals surface area contributed by atoms with Gasteiger partial charge in [-0.3, -0.25) is 9.59 Å². The van der Waals surface area contributed by atoms with Gasteiger partial charge in [0.2, 0.25) is 0 Å². The smallest absolute Gasteiger partial charge is 0.327 e. The summed E-state index contributed by atoms with van der Waals surface area (Å²) in [5.74, 6) is -2.71. The number of carbonyl (C=O) groups excluding carboxylic acids is 2. The molecule has 0 atom stereocenters. The van der Waals surface area contributed by atoms with Crippen molar-refractivity contribution in [2.75, 3.05) is 23.7 Å². The molecular weight excluding hydrogens is 430 g/mol. The van der Waals surface area contributed by atoms with E-state index in [1.54, 1.807) is 6.20 Å². The first-order valence-corrected chi connectivity index (χ1v) is 9.89. The highest BCUT2D eigenvalue weighted by Crippen LogP contribution is 2.32. The van der Waals surface area contributed by atoms with Gasteiger partial charge in [-0.2, -0.15) is 13.2 Å². The van der Waals surface area contributed by atoms with Gasteiger partial charge in [0.05, 0.1) is 17.4 Å². The fourth-order valence-corrected chi connectivity index (χ4v) is 3.68. The van der Waals surface area contributed by atoms with Crippen molar-refractivity contribution in [1.29, 1.82) is 0 Å². The lowest BCUT2D eigenvalue weighted by Crippen LogP contribution is -2.29. The lowest BCUT2D eigenvalue weighted by Gasteiger charge is -2.24. The van der Waals surface area contributed by atoms with Gasteiger partial charge in [0.15, 0.2) is 0 Å². The first-order valence-electron chi connectivity index (χ1n) is 9.89. The molecule has 2 aromatic heterocycles. The lowest BCUT2D eigenvalue weighted by atomic mass is 10.1. The Bertz CT molecular complexity index is 1150. The summed E-state index contributed by atoms with van der Waals surface area (Å²) < 4.78 is 53.6. The van der Waals surface area contributed by atoms with Gasteiger partial charge in [-0.25, -0.2) is 9.37 Å². The third-order valence-corrected chi connectivity index (χ3v) is 5.26. The zero-order valence-corrected chi connectivity index (χ0v) is 16.7. The van der Waals surface area contributed by atoms with Crippen LogP contribution in [-0.4, -0.2) is 34.5 Å². The highest BCUT2D eigenvalue weighted by Gasteiger charge is 2.30. The number of aromatic nitrogens is 2. The molecular formula is C21H19F4N5O2. The predicted molar refractivity (Wildman–Crippen MR) is 110 cm³/mol. The van der Waals surface area contributed by atoms with Gasteiger partial charge in [-0.15, -0.1) is 0 Å². The molecule has 3 heterocycles. The number of fused-ring (bicyclic) bond motifs is 1. The quantitative estimate of drug-likeness (QED) is 0.420. The monoisotopic (exact) mass is 449 g/mol. The molecule has 0 aliphatic carbocycles. The molecule has 0 bridgehead atoms. The SMILES string of the molecule is O=C(Nc1ccc(C(F)(F)F)cc1)C(=O)Nc1cn(C2CCNCC2)c2ncc(F)cc12. The summed E-state index contributed by atoms with van der Waals surface area (Å²) in [5, 5.41) is 8.30. The maximum absolute atomic E-state index is 13.8. The number of piperidine rings is 1. The van der Waals surface area contributed by atoms with Crippen molar-refractivity contribution in [3.8, 4) is 0 Å². The van der Waals surface area contributed by atoms with E-state index < -0.39 is 29.4 Å². The van der Waals surface area contributed by atoms with E-state index in [0.29, 0.717) is 11.0 Å². The third-order valence-electron chi connectivity index (χ3n) is 5.26. The molecule has 11 heteroatoms. The molecule has 1 saturated heterocycles. The van der Waals surface area contributed by atoms with Crippen molar-refractivity contribution in [3.63, 3.8) is 0 Å². The van der Waals surface area contributed by atoms with Crippen LogP contribution in [0.4, 0.5) is 28.9 Å². The van der Waals surface area contributed by atoms with Crippen LogP contribution in [0.25, 0.3) is 11.0 Å². The molecule has 4 rings (SSSR count). The Hall–Kier alpha value is -3.47. The van der Waals surface area contributed by atoms with Crippen LogP contribution in [0.3, 0.4) is 0 Å². The Kier molecular flexibility index (Phi) is 5.83.